The van der Waals surface area contributed by atoms with Crippen molar-refractivity contribution in [3.05, 3.63) is 24.2 Å². The molecule has 0 spiro atoms. The summed E-state index contributed by atoms with van der Waals surface area (Å²) in [6, 6.07) is 0. The number of ether oxygens (including phenoxy) is 2. The van der Waals surface area contributed by atoms with Crippen molar-refractivity contribution in [3.63, 3.8) is 0 Å². The molecule has 0 rings (SSSR count). The maximum Gasteiger partial charge on any atom is 0.511 e. The molecule has 0 radical (unpaired) electrons. The van der Waals surface area contributed by atoms with Crippen molar-refractivity contribution in [2.75, 3.05) is 0 Å². The van der Waals surface area contributed by atoms with Crippen molar-refractivity contribution in [2.45, 2.75) is 6.92 Å². The number of carboxylic acid groups (broad SMARTS) is 2. The molecule has 0 bridgehead atoms. The van der Waals surface area contributed by atoms with E-state index >= 15 is 0 Å². The molecule has 0 heterocycles. The van der Waals surface area contributed by atoms with Crippen LogP contribution in [0.25, 0.3) is 0 Å². The van der Waals surface area contributed by atoms with Gasteiger partial charge in [-0.3, -0.25) is 0 Å². The van der Waals surface area contributed by atoms with Gasteiger partial charge in [0.2, 0.25) is 0 Å². The normalized spacial score (nSPS) is 11.3. The lowest BCUT2D eigenvalue weighted by Gasteiger charge is -1.98. The fraction of sp³-hybridized carbons (Fsp3) is 0.143. The van der Waals surface area contributed by atoms with E-state index in [0.717, 1.165) is 0 Å². The van der Waals surface area contributed by atoms with E-state index in [4.69, 9.17) is 10.2 Å². The van der Waals surface area contributed by atoms with Crippen molar-refractivity contribution in [1.29, 1.82) is 0 Å². The molecule has 0 atom stereocenters. The lowest BCUT2D eigenvalue weighted by atomic mass is 10.5. The predicted molar refractivity (Wildman–Crippen MR) is 41.1 cm³/mol. The molecule has 0 saturated heterocycles. The van der Waals surface area contributed by atoms with E-state index in [1.165, 1.54) is 12.2 Å². The average molecular weight is 188 g/mol. The highest BCUT2D eigenvalue weighted by Crippen LogP contribution is 2.00. The molecule has 0 fully saturated rings. The number of hydrogen-bond acceptors (Lipinski definition) is 4. The summed E-state index contributed by atoms with van der Waals surface area (Å²) in [7, 11) is 0. The average Bonchev–Trinajstić information content (AvgIpc) is 1.99. The molecule has 0 aromatic heterocycles. The van der Waals surface area contributed by atoms with Gasteiger partial charge in [-0.1, -0.05) is 6.08 Å². The van der Waals surface area contributed by atoms with Crippen LogP contribution < -0.4 is 0 Å². The molecule has 0 aliphatic carbocycles. The zero-order chi connectivity index (χ0) is 10.3. The smallest absolute Gasteiger partial charge is 0.449 e. The summed E-state index contributed by atoms with van der Waals surface area (Å²) in [5, 5.41) is 16.2. The molecule has 72 valence electrons. The summed E-state index contributed by atoms with van der Waals surface area (Å²) in [5.41, 5.74) is 0. The first kappa shape index (κ1) is 11.0. The van der Waals surface area contributed by atoms with Crippen molar-refractivity contribution < 1.29 is 29.3 Å². The quantitative estimate of drug-likeness (QED) is 0.398. The molecule has 0 aliphatic heterocycles. The van der Waals surface area contributed by atoms with E-state index in [-0.39, 0.29) is 5.76 Å². The summed E-state index contributed by atoms with van der Waals surface area (Å²) < 4.78 is 8.12. The molecule has 0 unspecified atom stereocenters. The summed E-state index contributed by atoms with van der Waals surface area (Å²) in [6.07, 6.45) is 0.308. The van der Waals surface area contributed by atoms with Crippen LogP contribution >= 0.6 is 0 Å². The fourth-order valence-corrected chi connectivity index (χ4v) is 0.471. The lowest BCUT2D eigenvalue weighted by molar-refractivity contribution is 0.108. The van der Waals surface area contributed by atoms with Crippen LogP contribution in [-0.2, 0) is 9.47 Å². The van der Waals surface area contributed by atoms with Gasteiger partial charge >= 0.3 is 12.3 Å². The van der Waals surface area contributed by atoms with Gasteiger partial charge in [-0.05, 0) is 13.0 Å². The van der Waals surface area contributed by atoms with Gasteiger partial charge in [-0.15, -0.1) is 0 Å². The minimum absolute atomic E-state index is 0.211. The molecule has 0 aromatic carbocycles. The first-order chi connectivity index (χ1) is 6.06. The summed E-state index contributed by atoms with van der Waals surface area (Å²) >= 11 is 0. The Morgan fingerprint density at radius 3 is 2.23 bits per heavy atom. The summed E-state index contributed by atoms with van der Waals surface area (Å²) in [5.74, 6) is -0.211. The summed E-state index contributed by atoms with van der Waals surface area (Å²) in [4.78, 5) is 19.9. The van der Waals surface area contributed by atoms with Crippen LogP contribution in [0.3, 0.4) is 0 Å². The minimum Gasteiger partial charge on any atom is -0.449 e. The van der Waals surface area contributed by atoms with Crippen molar-refractivity contribution in [3.8, 4) is 0 Å². The summed E-state index contributed by atoms with van der Waals surface area (Å²) in [6.45, 7) is 1.61. The molecule has 0 aromatic rings. The Labute approximate surface area is 73.7 Å². The number of rotatable bonds is 3. The van der Waals surface area contributed by atoms with Gasteiger partial charge in [-0.2, -0.15) is 0 Å². The molecule has 13 heavy (non-hydrogen) atoms. The minimum atomic E-state index is -1.55. The monoisotopic (exact) mass is 188 g/mol. The van der Waals surface area contributed by atoms with Gasteiger partial charge in [0.1, 0.15) is 6.26 Å². The van der Waals surface area contributed by atoms with E-state index in [2.05, 4.69) is 9.47 Å². The third-order valence-electron chi connectivity index (χ3n) is 0.812. The standard InChI is InChI=1S/C7H8O6/c1-2-3-5(13-7(10)11)4-12-6(8)9/h2-4H,1H3,(H,8,9)(H,10,11)/b3-2+,5-4+. The van der Waals surface area contributed by atoms with Crippen molar-refractivity contribution in [1.82, 2.24) is 0 Å². The van der Waals surface area contributed by atoms with E-state index in [0.29, 0.717) is 6.26 Å². The van der Waals surface area contributed by atoms with Crippen LogP contribution in [-0.4, -0.2) is 22.5 Å². The Kier molecular flexibility index (Phi) is 4.78. The molecular formula is C7H8O6. The molecule has 2 N–H and O–H groups in total. The Balaban J connectivity index is 4.31. The van der Waals surface area contributed by atoms with Crippen molar-refractivity contribution >= 4 is 12.3 Å². The molecule has 0 saturated carbocycles. The van der Waals surface area contributed by atoms with Gasteiger partial charge in [0.15, 0.2) is 5.76 Å². The first-order valence-corrected chi connectivity index (χ1v) is 3.19. The van der Waals surface area contributed by atoms with Gasteiger partial charge in [0, 0.05) is 0 Å². The second-order valence-corrected chi connectivity index (χ2v) is 1.77. The van der Waals surface area contributed by atoms with Gasteiger partial charge < -0.3 is 19.7 Å². The van der Waals surface area contributed by atoms with E-state index in [9.17, 15) is 9.59 Å². The Morgan fingerprint density at radius 2 is 1.85 bits per heavy atom. The van der Waals surface area contributed by atoms with E-state index in [1.54, 1.807) is 6.92 Å². The first-order valence-electron chi connectivity index (χ1n) is 3.19. The number of hydrogen-bond donors (Lipinski definition) is 2. The highest BCUT2D eigenvalue weighted by atomic mass is 16.7. The Morgan fingerprint density at radius 1 is 1.23 bits per heavy atom. The van der Waals surface area contributed by atoms with Crippen LogP contribution in [0.2, 0.25) is 0 Å². The molecule has 6 heteroatoms. The van der Waals surface area contributed by atoms with Crippen LogP contribution in [0.15, 0.2) is 24.2 Å². The zero-order valence-corrected chi connectivity index (χ0v) is 6.76. The third kappa shape index (κ3) is 6.42. The van der Waals surface area contributed by atoms with Gasteiger partial charge in [0.05, 0.1) is 0 Å². The third-order valence-corrected chi connectivity index (χ3v) is 0.812. The maximum atomic E-state index is 10.0. The van der Waals surface area contributed by atoms with E-state index in [1.807, 2.05) is 0 Å². The largest absolute Gasteiger partial charge is 0.511 e. The van der Waals surface area contributed by atoms with Crippen LogP contribution in [0.5, 0.6) is 0 Å². The molecule has 6 nitrogen and oxygen atoms in total. The topological polar surface area (TPSA) is 93.1 Å². The van der Waals surface area contributed by atoms with Gasteiger partial charge in [0.25, 0.3) is 0 Å². The maximum absolute atomic E-state index is 10.0. The highest BCUT2D eigenvalue weighted by molar-refractivity contribution is 5.60. The fourth-order valence-electron chi connectivity index (χ4n) is 0.471. The Hall–Kier alpha value is -1.98. The SMILES string of the molecule is C/C=C/C(=C\OC(=O)O)OC(=O)O. The van der Waals surface area contributed by atoms with Crippen molar-refractivity contribution in [2.24, 2.45) is 0 Å². The zero-order valence-electron chi connectivity index (χ0n) is 6.76. The second-order valence-electron chi connectivity index (χ2n) is 1.77. The molecule has 0 amide bonds. The van der Waals surface area contributed by atoms with Crippen LogP contribution in [0.4, 0.5) is 9.59 Å². The number of allylic oxidation sites excluding steroid dienone is 2. The molecular weight excluding hydrogens is 180 g/mol. The number of carbonyl (C=O) groups is 2. The Bertz CT molecular complexity index is 252. The van der Waals surface area contributed by atoms with Crippen LogP contribution in [0, 0.1) is 0 Å². The van der Waals surface area contributed by atoms with E-state index < -0.39 is 12.3 Å². The van der Waals surface area contributed by atoms with Crippen LogP contribution in [0.1, 0.15) is 6.92 Å². The highest BCUT2D eigenvalue weighted by Gasteiger charge is 2.02. The molecule has 0 aliphatic rings. The van der Waals surface area contributed by atoms with Gasteiger partial charge in [-0.25, -0.2) is 9.59 Å². The second kappa shape index (κ2) is 5.64. The predicted octanol–water partition coefficient (Wildman–Crippen LogP) is 1.79. The lowest BCUT2D eigenvalue weighted by Crippen LogP contribution is -2.01.